The van der Waals surface area contributed by atoms with Crippen LogP contribution in [0.25, 0.3) is 0 Å². The van der Waals surface area contributed by atoms with Crippen LogP contribution in [0.4, 0.5) is 0 Å². The maximum Gasteiger partial charge on any atom is 0.492 e. The van der Waals surface area contributed by atoms with Gasteiger partial charge in [0.05, 0.1) is 43.9 Å². The second kappa shape index (κ2) is 32.0. The molecule has 50 heavy (non-hydrogen) atoms. The van der Waals surface area contributed by atoms with E-state index in [9.17, 15) is 23.7 Å². The van der Waals surface area contributed by atoms with Crippen LogP contribution in [0.15, 0.2) is 0 Å². The molecule has 0 aliphatic carbocycles. The Morgan fingerprint density at radius 1 is 0.680 bits per heavy atom. The summed E-state index contributed by atoms with van der Waals surface area (Å²) in [4.78, 5) is 29.3. The third-order valence-electron chi connectivity index (χ3n) is 7.68. The molecular weight excluding hydrogens is 695 g/mol. The Labute approximate surface area is 301 Å². The summed E-state index contributed by atoms with van der Waals surface area (Å²) in [5, 5.41) is 44.3. The Morgan fingerprint density at radius 3 is 1.74 bits per heavy atom. The lowest BCUT2D eigenvalue weighted by Gasteiger charge is -2.27. The highest BCUT2D eigenvalue weighted by Crippen LogP contribution is 2.13. The van der Waals surface area contributed by atoms with Gasteiger partial charge in [-0.1, -0.05) is 33.1 Å². The quantitative estimate of drug-likeness (QED) is 0.0178. The zero-order valence-corrected chi connectivity index (χ0v) is 32.3. The van der Waals surface area contributed by atoms with E-state index >= 15 is 0 Å². The molecule has 0 fully saturated rings. The maximum absolute atomic E-state index is 10.7. The van der Waals surface area contributed by atoms with E-state index in [2.05, 4.69) is 35.1 Å². The van der Waals surface area contributed by atoms with E-state index in [1.807, 2.05) is 4.90 Å². The van der Waals surface area contributed by atoms with Gasteiger partial charge < -0.3 is 65.2 Å². The number of unbranched alkanes of at least 4 members (excludes halogenated alkanes) is 1. The van der Waals surface area contributed by atoms with Crippen LogP contribution in [0.2, 0.25) is 6.04 Å². The molecule has 0 aromatic carbocycles. The first kappa shape index (κ1) is 49.6. The fourth-order valence-corrected chi connectivity index (χ4v) is 5.99. The second-order valence-electron chi connectivity index (χ2n) is 12.8. The van der Waals surface area contributed by atoms with E-state index in [0.717, 1.165) is 52.0 Å². The summed E-state index contributed by atoms with van der Waals surface area (Å²) in [6.45, 7) is 12.3. The molecule has 0 heterocycles. The number of aliphatic hydroxyl groups excluding tert-OH is 3. The van der Waals surface area contributed by atoms with Crippen LogP contribution in [0.3, 0.4) is 0 Å². The number of aliphatic hydroxyl groups is 3. The molecule has 19 heteroatoms. The zero-order valence-electron chi connectivity index (χ0n) is 30.5. The molecule has 0 saturated heterocycles. The molecule has 0 spiro atoms. The molecule has 4 atom stereocenters. The number of hydrogen-bond acceptors (Lipinski definition) is 16. The monoisotopic (exact) mass is 765 g/mol. The zero-order chi connectivity index (χ0) is 37.5. The summed E-state index contributed by atoms with van der Waals surface area (Å²) >= 11 is 0. The van der Waals surface area contributed by atoms with Gasteiger partial charge in [0.15, 0.2) is 0 Å². The molecule has 0 rings (SSSR count). The summed E-state index contributed by atoms with van der Waals surface area (Å²) in [6, 6.07) is -0.119. The molecule has 0 bridgehead atoms. The fraction of sp³-hybridized carbons (Fsp3) is 1.00. The standard InChI is InChI=1S/C31H71N5O12SSi/c1-3-5-8-28(4-2)24-48-27-31(39)23-36(22-30(38)26-47-18-7-20-50(43,44)45)16-15-34-12-11-32-9-10-33-13-14-35-21-29(37)25-46-17-6-19-49(40,41)42/h28-35,37-39,43-45H,3-27H2,1-2H3,(H,40,41,42). The Morgan fingerprint density at radius 2 is 1.20 bits per heavy atom. The largest absolute Gasteiger partial charge is 0.492 e. The van der Waals surface area contributed by atoms with Gasteiger partial charge in [-0.05, 0) is 25.2 Å². The van der Waals surface area contributed by atoms with Crippen molar-refractivity contribution >= 4 is 18.9 Å². The second-order valence-corrected chi connectivity index (χ2v) is 16.4. The van der Waals surface area contributed by atoms with E-state index in [-0.39, 0.29) is 64.2 Å². The van der Waals surface area contributed by atoms with Crippen molar-refractivity contribution in [2.75, 3.05) is 117 Å². The van der Waals surface area contributed by atoms with Crippen molar-refractivity contribution in [2.45, 2.75) is 76.7 Å². The highest BCUT2D eigenvalue weighted by atomic mass is 32.2. The average Bonchev–Trinajstić information content (AvgIpc) is 3.03. The topological polar surface area (TPSA) is 255 Å². The minimum Gasteiger partial charge on any atom is -0.390 e. The van der Waals surface area contributed by atoms with E-state index in [0.29, 0.717) is 45.2 Å². The van der Waals surface area contributed by atoms with Gasteiger partial charge in [-0.2, -0.15) is 8.42 Å². The molecule has 0 saturated carbocycles. The van der Waals surface area contributed by atoms with Crippen molar-refractivity contribution in [1.29, 1.82) is 0 Å². The van der Waals surface area contributed by atoms with Crippen molar-refractivity contribution in [3.63, 3.8) is 0 Å². The van der Waals surface area contributed by atoms with Crippen LogP contribution >= 0.6 is 0 Å². The summed E-state index contributed by atoms with van der Waals surface area (Å²) in [5.74, 6) is 0.123. The van der Waals surface area contributed by atoms with Crippen molar-refractivity contribution in [3.05, 3.63) is 0 Å². The van der Waals surface area contributed by atoms with Crippen molar-refractivity contribution in [1.82, 2.24) is 26.2 Å². The Hall–Kier alpha value is -0.433. The Kier molecular flexibility index (Phi) is 31.8. The summed E-state index contributed by atoms with van der Waals surface area (Å²) in [6.07, 6.45) is 2.71. The van der Waals surface area contributed by atoms with Crippen molar-refractivity contribution in [2.24, 2.45) is 5.92 Å². The third-order valence-corrected chi connectivity index (χ3v) is 9.51. The third kappa shape index (κ3) is 35.9. The van der Waals surface area contributed by atoms with E-state index in [1.165, 1.54) is 6.42 Å². The van der Waals surface area contributed by atoms with E-state index in [1.54, 1.807) is 0 Å². The van der Waals surface area contributed by atoms with Gasteiger partial charge >= 0.3 is 8.80 Å². The minimum absolute atomic E-state index is 0.0535. The molecule has 11 N–H and O–H groups in total. The van der Waals surface area contributed by atoms with Gasteiger partial charge in [-0.3, -0.25) is 9.45 Å². The van der Waals surface area contributed by atoms with Gasteiger partial charge in [-0.25, -0.2) is 0 Å². The summed E-state index contributed by atoms with van der Waals surface area (Å²) in [5.41, 5.74) is 0. The Balaban J connectivity index is 4.18. The molecule has 0 aliphatic heterocycles. The number of nitrogens with one attached hydrogen (secondary N) is 4. The highest BCUT2D eigenvalue weighted by Gasteiger charge is 2.25. The lowest BCUT2D eigenvalue weighted by atomic mass is 10.0. The first-order valence-corrected chi connectivity index (χ1v) is 21.9. The fourth-order valence-electron chi connectivity index (χ4n) is 4.89. The SMILES string of the molecule is CCCCC(CC)COCC(O)CN(CCNCCNCCNCCNCC(O)COCCCS(=O)(=O)O)CC(O)COCCC[Si](O)(O)O. The molecule has 0 aromatic heterocycles. The number of ether oxygens (including phenoxy) is 3. The van der Waals surface area contributed by atoms with Crippen LogP contribution in [0.5, 0.6) is 0 Å². The maximum atomic E-state index is 10.7. The first-order chi connectivity index (χ1) is 23.8. The van der Waals surface area contributed by atoms with Crippen molar-refractivity contribution in [3.8, 4) is 0 Å². The lowest BCUT2D eigenvalue weighted by molar-refractivity contribution is -0.0158. The number of hydrogen-bond donors (Lipinski definition) is 11. The van der Waals surface area contributed by atoms with Crippen LogP contribution in [-0.4, -0.2) is 192 Å². The highest BCUT2D eigenvalue weighted by molar-refractivity contribution is 7.85. The van der Waals surface area contributed by atoms with Gasteiger partial charge in [0.2, 0.25) is 0 Å². The van der Waals surface area contributed by atoms with Crippen LogP contribution in [0, 0.1) is 5.92 Å². The predicted octanol–water partition coefficient (Wildman–Crippen LogP) is -2.42. The molecule has 0 aromatic rings. The molecule has 0 amide bonds. The molecule has 17 nitrogen and oxygen atoms in total. The normalized spacial score (nSPS) is 15.1. The van der Waals surface area contributed by atoms with Crippen LogP contribution < -0.4 is 21.3 Å². The van der Waals surface area contributed by atoms with Gasteiger partial charge in [0, 0.05) is 97.9 Å². The average molecular weight is 766 g/mol. The van der Waals surface area contributed by atoms with Crippen LogP contribution in [-0.2, 0) is 24.3 Å². The summed E-state index contributed by atoms with van der Waals surface area (Å²) < 4.78 is 46.5. The number of nitrogens with zero attached hydrogens (tertiary/aromatic N) is 1. The summed E-state index contributed by atoms with van der Waals surface area (Å²) in [7, 11) is -8.08. The first-order valence-electron chi connectivity index (χ1n) is 18.2. The van der Waals surface area contributed by atoms with E-state index < -0.39 is 37.2 Å². The molecule has 302 valence electrons. The van der Waals surface area contributed by atoms with Crippen LogP contribution in [0.1, 0.15) is 52.4 Å². The number of rotatable bonds is 38. The van der Waals surface area contributed by atoms with Gasteiger partial charge in [0.1, 0.15) is 0 Å². The predicted molar refractivity (Wildman–Crippen MR) is 195 cm³/mol. The van der Waals surface area contributed by atoms with E-state index in [4.69, 9.17) is 33.2 Å². The van der Waals surface area contributed by atoms with Crippen molar-refractivity contribution < 1.29 is 56.9 Å². The molecule has 0 radical (unpaired) electrons. The smallest absolute Gasteiger partial charge is 0.390 e. The van der Waals surface area contributed by atoms with Gasteiger partial charge in [-0.15, -0.1) is 0 Å². The Bertz CT molecular complexity index is 866. The molecule has 0 aliphatic rings. The minimum atomic E-state index is -4.09. The lowest BCUT2D eigenvalue weighted by Crippen LogP contribution is -2.44. The van der Waals surface area contributed by atoms with Gasteiger partial charge in [0.25, 0.3) is 10.1 Å². The molecular formula is C31H71N5O12SSi. The molecule has 4 unspecified atom stereocenters.